The number of carbonyl (C=O) groups excluding carboxylic acids is 2. The number of hydrogen-bond acceptors (Lipinski definition) is 9. The number of carbonyl (C=O) groups is 2. The van der Waals surface area contributed by atoms with Crippen molar-refractivity contribution in [2.24, 2.45) is 5.73 Å². The van der Waals surface area contributed by atoms with Crippen LogP contribution in [0.2, 0.25) is 0 Å². The molecule has 0 aliphatic rings. The normalized spacial score (nSPS) is 12.4. The lowest BCUT2D eigenvalue weighted by Crippen LogP contribution is -2.35. The summed E-state index contributed by atoms with van der Waals surface area (Å²) in [6.45, 7) is 5.12. The first kappa shape index (κ1) is 35.9. The van der Waals surface area contributed by atoms with Crippen LogP contribution >= 0.6 is 34.0 Å². The number of sulfonamides is 1. The van der Waals surface area contributed by atoms with E-state index in [4.69, 9.17) is 10.5 Å². The van der Waals surface area contributed by atoms with Crippen molar-refractivity contribution in [3.63, 3.8) is 0 Å². The van der Waals surface area contributed by atoms with Crippen molar-refractivity contribution in [2.75, 3.05) is 51.8 Å². The van der Waals surface area contributed by atoms with Gasteiger partial charge in [-0.1, -0.05) is 59.7 Å². The molecule has 2 amide bonds. The number of halogens is 1. The van der Waals surface area contributed by atoms with E-state index in [1.807, 2.05) is 37.2 Å². The maximum absolute atomic E-state index is 13.0. The van der Waals surface area contributed by atoms with E-state index in [-0.39, 0.29) is 37.0 Å². The van der Waals surface area contributed by atoms with E-state index in [1.165, 1.54) is 4.90 Å². The Hall–Kier alpha value is -2.16. The van der Waals surface area contributed by atoms with E-state index in [0.717, 1.165) is 28.8 Å². The maximum Gasteiger partial charge on any atom is 0.407 e. The molecular formula is C26H40ClN5O5S3. The average Bonchev–Trinajstić information content (AvgIpc) is 2.92. The lowest BCUT2D eigenvalue weighted by molar-refractivity contribution is -0.115. The van der Waals surface area contributed by atoms with Gasteiger partial charge in [0.25, 0.3) is 0 Å². The second-order valence-electron chi connectivity index (χ2n) is 8.86. The minimum absolute atomic E-state index is 0. The van der Waals surface area contributed by atoms with Crippen molar-refractivity contribution in [1.82, 2.24) is 14.9 Å². The van der Waals surface area contributed by atoms with Gasteiger partial charge in [0.15, 0.2) is 0 Å². The van der Waals surface area contributed by atoms with Crippen molar-refractivity contribution in [3.05, 3.63) is 47.5 Å². The van der Waals surface area contributed by atoms with Gasteiger partial charge in [-0.2, -0.15) is 0 Å². The second-order valence-corrected chi connectivity index (χ2v) is 13.4. The Morgan fingerprint density at radius 1 is 1.15 bits per heavy atom. The number of fused-ring (bicyclic) bond motifs is 1. The summed E-state index contributed by atoms with van der Waals surface area (Å²) in [5.41, 5.74) is 6.48. The van der Waals surface area contributed by atoms with Crippen LogP contribution in [0.4, 0.5) is 10.5 Å². The molecule has 0 bridgehead atoms. The highest BCUT2D eigenvalue weighted by Crippen LogP contribution is 2.36. The van der Waals surface area contributed by atoms with Crippen LogP contribution in [0, 0.1) is 0 Å². The first-order valence-corrected chi connectivity index (χ1v) is 16.4. The number of anilines is 1. The third kappa shape index (κ3) is 11.4. The zero-order chi connectivity index (χ0) is 28.8. The Bertz CT molecular complexity index is 1230. The third-order valence-corrected chi connectivity index (χ3v) is 10.3. The van der Waals surface area contributed by atoms with E-state index in [9.17, 15) is 18.0 Å². The third-order valence-electron chi connectivity index (χ3n) is 5.63. The minimum atomic E-state index is -3.81. The van der Waals surface area contributed by atoms with Crippen LogP contribution in [0.15, 0.2) is 52.4 Å². The maximum atomic E-state index is 13.0. The molecule has 10 nitrogen and oxygen atoms in total. The van der Waals surface area contributed by atoms with Crippen LogP contribution in [0.1, 0.15) is 26.7 Å². The van der Waals surface area contributed by atoms with E-state index in [2.05, 4.69) is 23.9 Å². The van der Waals surface area contributed by atoms with E-state index >= 15 is 0 Å². The standard InChI is InChI=1S/C26H39N5O5S3.ClH/c1-5-20(2)37-38-21(18-31(19-32)16-13-27)12-17-36-26(33)28-14-15-29-39(34,35)25-11-7-8-22-23(25)9-6-10-24(22)30(3)4;/h6-11,18-20,29H,5,12-17,27H2,1-4H3,(H,28,33);1H. The number of benzene rings is 2. The largest absolute Gasteiger partial charge is 0.449 e. The van der Waals surface area contributed by atoms with Crippen LogP contribution in [-0.2, 0) is 19.6 Å². The van der Waals surface area contributed by atoms with Gasteiger partial charge in [0.2, 0.25) is 16.4 Å². The molecule has 0 fully saturated rings. The second kappa shape index (κ2) is 18.3. The van der Waals surface area contributed by atoms with Crippen molar-refractivity contribution in [1.29, 1.82) is 0 Å². The first-order valence-electron chi connectivity index (χ1n) is 12.7. The number of nitrogens with two attached hydrogens (primary N) is 1. The molecule has 0 heterocycles. The average molecular weight is 634 g/mol. The summed E-state index contributed by atoms with van der Waals surface area (Å²) < 4.78 is 33.8. The molecule has 40 heavy (non-hydrogen) atoms. The van der Waals surface area contributed by atoms with Crippen LogP contribution < -0.4 is 20.7 Å². The SMILES string of the molecule is CCC(C)SSC(=CN(C=O)CCN)CCOC(=O)NCCNS(=O)(=O)c1cccc2c(N(C)C)cccc12.Cl. The van der Waals surface area contributed by atoms with E-state index in [0.29, 0.717) is 30.1 Å². The summed E-state index contributed by atoms with van der Waals surface area (Å²) in [4.78, 5) is 27.9. The van der Waals surface area contributed by atoms with Crippen LogP contribution in [0.5, 0.6) is 0 Å². The highest BCUT2D eigenvalue weighted by atomic mass is 35.5. The van der Waals surface area contributed by atoms with Crippen LogP contribution in [-0.4, -0.2) is 78.0 Å². The van der Waals surface area contributed by atoms with Gasteiger partial charge in [-0.05, 0) is 18.6 Å². The van der Waals surface area contributed by atoms with Crippen molar-refractivity contribution in [2.45, 2.75) is 36.8 Å². The number of ether oxygens (including phenoxy) is 1. The van der Waals surface area contributed by atoms with Gasteiger partial charge in [0, 0.05) is 79.5 Å². The Morgan fingerprint density at radius 2 is 1.85 bits per heavy atom. The monoisotopic (exact) mass is 633 g/mol. The first-order chi connectivity index (χ1) is 18.6. The molecule has 14 heteroatoms. The Kier molecular flexibility index (Phi) is 16.4. The zero-order valence-electron chi connectivity index (χ0n) is 23.3. The van der Waals surface area contributed by atoms with Crippen molar-refractivity contribution < 1.29 is 22.7 Å². The number of nitrogens with zero attached hydrogens (tertiary/aromatic N) is 2. The summed E-state index contributed by atoms with van der Waals surface area (Å²) in [6.07, 6.45) is 3.23. The van der Waals surface area contributed by atoms with Crippen LogP contribution in [0.3, 0.4) is 0 Å². The fourth-order valence-corrected chi connectivity index (χ4v) is 7.10. The number of alkyl carbamates (subject to hydrolysis) is 1. The summed E-state index contributed by atoms with van der Waals surface area (Å²) in [5.74, 6) is 0. The molecule has 1 atom stereocenters. The molecule has 0 aromatic heterocycles. The predicted molar refractivity (Wildman–Crippen MR) is 170 cm³/mol. The molecule has 4 N–H and O–H groups in total. The summed E-state index contributed by atoms with van der Waals surface area (Å²) in [5, 5.41) is 4.44. The Labute approximate surface area is 251 Å². The molecule has 0 aliphatic carbocycles. The van der Waals surface area contributed by atoms with Crippen molar-refractivity contribution >= 4 is 73.0 Å². The number of nitrogens with one attached hydrogen (secondary N) is 2. The van der Waals surface area contributed by atoms with Crippen LogP contribution in [0.25, 0.3) is 10.8 Å². The molecule has 2 aromatic rings. The van der Waals surface area contributed by atoms with Gasteiger partial charge in [0.05, 0.1) is 11.5 Å². The topological polar surface area (TPSA) is 134 Å². The van der Waals surface area contributed by atoms with Gasteiger partial charge in [-0.3, -0.25) is 4.79 Å². The summed E-state index contributed by atoms with van der Waals surface area (Å²) >= 11 is 0. The molecule has 0 radical (unpaired) electrons. The number of amides is 2. The predicted octanol–water partition coefficient (Wildman–Crippen LogP) is 4.16. The Balaban J connectivity index is 0.00000800. The van der Waals surface area contributed by atoms with Gasteiger partial charge in [-0.15, -0.1) is 12.4 Å². The van der Waals surface area contributed by atoms with Gasteiger partial charge >= 0.3 is 6.09 Å². The molecule has 2 aromatic carbocycles. The number of rotatable bonds is 17. The van der Waals surface area contributed by atoms with Gasteiger partial charge in [0.1, 0.15) is 0 Å². The molecule has 1 unspecified atom stereocenters. The summed E-state index contributed by atoms with van der Waals surface area (Å²) in [7, 11) is 3.24. The molecule has 0 aliphatic heterocycles. The fourth-order valence-electron chi connectivity index (χ4n) is 3.43. The smallest absolute Gasteiger partial charge is 0.407 e. The Morgan fingerprint density at radius 3 is 2.50 bits per heavy atom. The molecule has 2 rings (SSSR count). The van der Waals surface area contributed by atoms with Gasteiger partial charge in [-0.25, -0.2) is 17.9 Å². The molecule has 0 spiro atoms. The molecule has 224 valence electrons. The quantitative estimate of drug-likeness (QED) is 0.133. The van der Waals surface area contributed by atoms with Crippen molar-refractivity contribution in [3.8, 4) is 0 Å². The van der Waals surface area contributed by atoms with Gasteiger partial charge < -0.3 is 25.6 Å². The molecular weight excluding hydrogens is 594 g/mol. The zero-order valence-corrected chi connectivity index (χ0v) is 26.6. The number of hydrogen-bond donors (Lipinski definition) is 3. The lowest BCUT2D eigenvalue weighted by Gasteiger charge is -2.17. The summed E-state index contributed by atoms with van der Waals surface area (Å²) in [6, 6.07) is 10.7. The highest BCUT2D eigenvalue weighted by molar-refractivity contribution is 8.78. The molecule has 0 saturated heterocycles. The molecule has 0 saturated carbocycles. The van der Waals surface area contributed by atoms with E-state index < -0.39 is 16.1 Å². The minimum Gasteiger partial charge on any atom is -0.449 e. The lowest BCUT2D eigenvalue weighted by atomic mass is 10.1. The van der Waals surface area contributed by atoms with E-state index in [1.54, 1.807) is 46.0 Å². The fraction of sp³-hybridized carbons (Fsp3) is 0.462. The highest BCUT2D eigenvalue weighted by Gasteiger charge is 2.18.